The predicted molar refractivity (Wildman–Crippen MR) is 63.5 cm³/mol. The Balaban J connectivity index is 2.43. The van der Waals surface area contributed by atoms with Crippen molar-refractivity contribution in [2.75, 3.05) is 13.1 Å². The minimum atomic E-state index is -3.10. The highest BCUT2D eigenvalue weighted by molar-refractivity contribution is 5.80. The molecule has 0 aliphatic carbocycles. The van der Waals surface area contributed by atoms with Crippen LogP contribution in [0.15, 0.2) is 30.3 Å². The van der Waals surface area contributed by atoms with Gasteiger partial charge in [-0.3, -0.25) is 4.79 Å². The van der Waals surface area contributed by atoms with E-state index in [-0.39, 0.29) is 0 Å². The number of hydrogen-bond acceptors (Lipinski definition) is 3. The lowest BCUT2D eigenvalue weighted by molar-refractivity contribution is -0.129. The molecule has 0 aliphatic heterocycles. The summed E-state index contributed by atoms with van der Waals surface area (Å²) in [5.41, 5.74) is 4.86. The molecular formula is C12H16F2N2O2. The van der Waals surface area contributed by atoms with E-state index < -0.39 is 31.0 Å². The summed E-state index contributed by atoms with van der Waals surface area (Å²) < 4.78 is 30.9. The Kier molecular flexibility index (Phi) is 5.03. The van der Waals surface area contributed by atoms with Crippen LogP contribution in [0.2, 0.25) is 0 Å². The van der Waals surface area contributed by atoms with Gasteiger partial charge in [0.1, 0.15) is 5.75 Å². The molecule has 1 aromatic carbocycles. The maximum Gasteiger partial charge on any atom is 0.277 e. The fraction of sp³-hybridized carbons (Fsp3) is 0.417. The van der Waals surface area contributed by atoms with E-state index in [9.17, 15) is 13.6 Å². The molecule has 0 saturated heterocycles. The Morgan fingerprint density at radius 1 is 1.44 bits per heavy atom. The molecule has 0 fully saturated rings. The van der Waals surface area contributed by atoms with Gasteiger partial charge in [0.2, 0.25) is 0 Å². The molecule has 0 aliphatic rings. The van der Waals surface area contributed by atoms with Crippen LogP contribution in [-0.2, 0) is 4.79 Å². The monoisotopic (exact) mass is 258 g/mol. The maximum absolute atomic E-state index is 12.8. The number of halogens is 2. The molecule has 1 amide bonds. The van der Waals surface area contributed by atoms with Crippen molar-refractivity contribution >= 4 is 5.91 Å². The first-order valence-electron chi connectivity index (χ1n) is 5.52. The van der Waals surface area contributed by atoms with Gasteiger partial charge in [0, 0.05) is 0 Å². The van der Waals surface area contributed by atoms with Crippen molar-refractivity contribution in [2.24, 2.45) is 5.73 Å². The highest BCUT2D eigenvalue weighted by Gasteiger charge is 2.28. The Labute approximate surface area is 104 Å². The number of carbonyl (C=O) groups excluding carboxylic acids is 1. The Bertz CT molecular complexity index is 385. The van der Waals surface area contributed by atoms with Crippen molar-refractivity contribution in [3.05, 3.63) is 30.3 Å². The van der Waals surface area contributed by atoms with Gasteiger partial charge < -0.3 is 15.8 Å². The van der Waals surface area contributed by atoms with Crippen LogP contribution in [0, 0.1) is 0 Å². The molecule has 100 valence electrons. The number of para-hydroxylation sites is 1. The topological polar surface area (TPSA) is 64.3 Å². The van der Waals surface area contributed by atoms with Gasteiger partial charge >= 0.3 is 0 Å². The number of hydrogen-bond donors (Lipinski definition) is 2. The van der Waals surface area contributed by atoms with E-state index in [0.29, 0.717) is 5.75 Å². The van der Waals surface area contributed by atoms with E-state index in [1.807, 2.05) is 0 Å². The highest BCUT2D eigenvalue weighted by atomic mass is 19.3. The van der Waals surface area contributed by atoms with E-state index in [1.54, 1.807) is 30.3 Å². The Morgan fingerprint density at radius 2 is 2.06 bits per heavy atom. The van der Waals surface area contributed by atoms with E-state index in [2.05, 4.69) is 5.32 Å². The molecule has 0 radical (unpaired) electrons. The standard InChI is InChI=1S/C12H16F2N2O2/c1-9(18-10-5-3-2-4-6-10)11(17)16-8-12(13,14)7-15/h2-6,9H,7-8,15H2,1H3,(H,16,17). The molecule has 0 aromatic heterocycles. The van der Waals surface area contributed by atoms with Crippen molar-refractivity contribution in [1.29, 1.82) is 0 Å². The number of nitrogens with two attached hydrogens (primary N) is 1. The first-order chi connectivity index (χ1) is 8.44. The molecule has 0 saturated carbocycles. The molecule has 3 N–H and O–H groups in total. The van der Waals surface area contributed by atoms with Gasteiger partial charge in [-0.25, -0.2) is 8.78 Å². The Morgan fingerprint density at radius 3 is 2.61 bits per heavy atom. The van der Waals surface area contributed by atoms with Gasteiger partial charge in [-0.05, 0) is 19.1 Å². The van der Waals surface area contributed by atoms with E-state index in [4.69, 9.17) is 10.5 Å². The van der Waals surface area contributed by atoms with Crippen molar-refractivity contribution in [3.63, 3.8) is 0 Å². The van der Waals surface area contributed by atoms with Gasteiger partial charge in [0.05, 0.1) is 13.1 Å². The van der Waals surface area contributed by atoms with E-state index >= 15 is 0 Å². The van der Waals surface area contributed by atoms with Crippen molar-refractivity contribution in [1.82, 2.24) is 5.32 Å². The molecule has 0 heterocycles. The quantitative estimate of drug-likeness (QED) is 0.805. The summed E-state index contributed by atoms with van der Waals surface area (Å²) in [5.74, 6) is -3.19. The third kappa shape index (κ3) is 4.67. The first kappa shape index (κ1) is 14.4. The van der Waals surface area contributed by atoms with Crippen LogP contribution in [0.25, 0.3) is 0 Å². The average Bonchev–Trinajstić information content (AvgIpc) is 2.37. The second-order valence-electron chi connectivity index (χ2n) is 3.85. The molecule has 1 rings (SSSR count). The molecule has 6 heteroatoms. The van der Waals surface area contributed by atoms with Crippen molar-refractivity contribution < 1.29 is 18.3 Å². The van der Waals surface area contributed by atoms with E-state index in [0.717, 1.165) is 0 Å². The van der Waals surface area contributed by atoms with Crippen LogP contribution >= 0.6 is 0 Å². The molecular weight excluding hydrogens is 242 g/mol. The molecule has 4 nitrogen and oxygen atoms in total. The molecule has 1 unspecified atom stereocenters. The van der Waals surface area contributed by atoms with Crippen LogP contribution in [0.3, 0.4) is 0 Å². The van der Waals surface area contributed by atoms with Crippen LogP contribution in [0.4, 0.5) is 8.78 Å². The summed E-state index contributed by atoms with van der Waals surface area (Å²) in [6.07, 6.45) is -0.846. The third-order valence-electron chi connectivity index (χ3n) is 2.25. The van der Waals surface area contributed by atoms with Crippen LogP contribution in [0.5, 0.6) is 5.75 Å². The molecule has 1 atom stereocenters. The van der Waals surface area contributed by atoms with Gasteiger partial charge in [-0.15, -0.1) is 0 Å². The number of benzene rings is 1. The largest absolute Gasteiger partial charge is 0.481 e. The molecule has 1 aromatic rings. The SMILES string of the molecule is CC(Oc1ccccc1)C(=O)NCC(F)(F)CN. The van der Waals surface area contributed by atoms with Crippen LogP contribution in [0.1, 0.15) is 6.92 Å². The minimum Gasteiger partial charge on any atom is -0.481 e. The number of amides is 1. The number of rotatable bonds is 6. The summed E-state index contributed by atoms with van der Waals surface area (Å²) in [7, 11) is 0. The van der Waals surface area contributed by atoms with Gasteiger partial charge in [0.15, 0.2) is 6.10 Å². The van der Waals surface area contributed by atoms with Crippen molar-refractivity contribution in [3.8, 4) is 5.75 Å². The lowest BCUT2D eigenvalue weighted by atomic mass is 10.3. The second kappa shape index (κ2) is 6.30. The fourth-order valence-corrected chi connectivity index (χ4v) is 1.19. The molecule has 0 spiro atoms. The smallest absolute Gasteiger partial charge is 0.277 e. The van der Waals surface area contributed by atoms with E-state index in [1.165, 1.54) is 6.92 Å². The Hall–Kier alpha value is -1.69. The summed E-state index contributed by atoms with van der Waals surface area (Å²) >= 11 is 0. The molecule has 0 bridgehead atoms. The zero-order valence-electron chi connectivity index (χ0n) is 10.0. The van der Waals surface area contributed by atoms with Gasteiger partial charge in [-0.2, -0.15) is 0 Å². The number of carbonyl (C=O) groups is 1. The zero-order chi connectivity index (χ0) is 13.6. The highest BCUT2D eigenvalue weighted by Crippen LogP contribution is 2.12. The lowest BCUT2D eigenvalue weighted by Gasteiger charge is -2.18. The average molecular weight is 258 g/mol. The second-order valence-corrected chi connectivity index (χ2v) is 3.85. The zero-order valence-corrected chi connectivity index (χ0v) is 10.0. The van der Waals surface area contributed by atoms with Crippen LogP contribution in [-0.4, -0.2) is 31.0 Å². The summed E-state index contributed by atoms with van der Waals surface area (Å²) in [5, 5.41) is 2.10. The third-order valence-corrected chi connectivity index (χ3v) is 2.25. The maximum atomic E-state index is 12.8. The first-order valence-corrected chi connectivity index (χ1v) is 5.52. The number of alkyl halides is 2. The van der Waals surface area contributed by atoms with Crippen molar-refractivity contribution in [2.45, 2.75) is 19.0 Å². The summed E-state index contributed by atoms with van der Waals surface area (Å²) in [6, 6.07) is 8.67. The normalized spacial score (nSPS) is 12.9. The summed E-state index contributed by atoms with van der Waals surface area (Å²) in [6.45, 7) is -0.102. The molecule has 18 heavy (non-hydrogen) atoms. The number of ether oxygens (including phenoxy) is 1. The number of nitrogens with one attached hydrogen (secondary N) is 1. The predicted octanol–water partition coefficient (Wildman–Crippen LogP) is 1.16. The van der Waals surface area contributed by atoms with Gasteiger partial charge in [0.25, 0.3) is 11.8 Å². The fourth-order valence-electron chi connectivity index (χ4n) is 1.19. The van der Waals surface area contributed by atoms with Gasteiger partial charge in [-0.1, -0.05) is 18.2 Å². The summed E-state index contributed by atoms with van der Waals surface area (Å²) in [4.78, 5) is 11.5. The minimum absolute atomic E-state index is 0.505. The lowest BCUT2D eigenvalue weighted by Crippen LogP contribution is -2.45. The van der Waals surface area contributed by atoms with Crippen LogP contribution < -0.4 is 15.8 Å².